The van der Waals surface area contributed by atoms with Crippen molar-refractivity contribution in [3.05, 3.63) is 28.2 Å². The van der Waals surface area contributed by atoms with Crippen molar-refractivity contribution in [2.75, 3.05) is 5.32 Å². The molecule has 0 aliphatic heterocycles. The third-order valence-corrected chi connectivity index (χ3v) is 3.12. The van der Waals surface area contributed by atoms with Crippen LogP contribution in [0.25, 0.3) is 0 Å². The molecule has 21 heavy (non-hydrogen) atoms. The van der Waals surface area contributed by atoms with Crippen molar-refractivity contribution in [2.24, 2.45) is 5.92 Å². The van der Waals surface area contributed by atoms with Crippen LogP contribution in [0.1, 0.15) is 12.5 Å². The van der Waals surface area contributed by atoms with Crippen LogP contribution in [-0.2, 0) is 11.2 Å². The van der Waals surface area contributed by atoms with Gasteiger partial charge in [0.15, 0.2) is 0 Å². The molecule has 1 amide bonds. The summed E-state index contributed by atoms with van der Waals surface area (Å²) in [4.78, 5) is 11.4. The van der Waals surface area contributed by atoms with Crippen molar-refractivity contribution in [2.45, 2.75) is 25.7 Å². The Balaban J connectivity index is 3.09. The number of carbonyl (C=O) groups excluding carboxylic acids is 1. The van der Waals surface area contributed by atoms with Crippen LogP contribution in [0.5, 0.6) is 0 Å². The number of carbonyl (C=O) groups is 1. The van der Waals surface area contributed by atoms with E-state index in [1.54, 1.807) is 12.2 Å². The molecule has 1 aromatic rings. The van der Waals surface area contributed by atoms with E-state index in [0.717, 1.165) is 0 Å². The molecule has 0 heterocycles. The minimum atomic E-state index is -5.70. The monoisotopic (exact) mass is 377 g/mol. The van der Waals surface area contributed by atoms with Gasteiger partial charge >= 0.3 is 12.4 Å². The van der Waals surface area contributed by atoms with Crippen molar-refractivity contribution in [1.29, 1.82) is 0 Å². The summed E-state index contributed by atoms with van der Waals surface area (Å²) in [5.74, 6) is -6.20. The molecule has 0 saturated carbocycles. The van der Waals surface area contributed by atoms with Crippen LogP contribution in [0, 0.1) is 5.92 Å². The predicted octanol–water partition coefficient (Wildman–Crippen LogP) is 4.69. The van der Waals surface area contributed by atoms with Gasteiger partial charge in [0.25, 0.3) is 0 Å². The maximum Gasteiger partial charge on any atom is 0.409 e. The first kappa shape index (κ1) is 17.8. The summed E-state index contributed by atoms with van der Waals surface area (Å²) in [6.45, 7) is 1.66. The summed E-state index contributed by atoms with van der Waals surface area (Å²) in [6, 6.07) is 4.15. The van der Waals surface area contributed by atoms with E-state index >= 15 is 0 Å². The summed E-state index contributed by atoms with van der Waals surface area (Å²) in [7, 11) is 0. The molecule has 0 fully saturated rings. The van der Waals surface area contributed by atoms with Gasteiger partial charge in [0.05, 0.1) is 0 Å². The first-order chi connectivity index (χ1) is 9.46. The van der Waals surface area contributed by atoms with Crippen LogP contribution in [0.2, 0.25) is 0 Å². The summed E-state index contributed by atoms with van der Waals surface area (Å²) in [5, 5.41) is 1.70. The zero-order valence-electron chi connectivity index (χ0n) is 10.6. The maximum absolute atomic E-state index is 12.4. The Morgan fingerprint density at radius 1 is 1.19 bits per heavy atom. The van der Waals surface area contributed by atoms with E-state index in [-0.39, 0.29) is 5.69 Å². The fraction of sp³-hybridized carbons (Fsp3) is 0.417. The fourth-order valence-electron chi connectivity index (χ4n) is 1.66. The van der Waals surface area contributed by atoms with Crippen LogP contribution in [0.4, 0.5) is 32.0 Å². The molecule has 0 aromatic heterocycles. The number of rotatable bonds is 3. The van der Waals surface area contributed by atoms with Crippen molar-refractivity contribution in [1.82, 2.24) is 0 Å². The Kier molecular flexibility index (Phi) is 5.30. The van der Waals surface area contributed by atoms with Gasteiger partial charge in [0.1, 0.15) is 0 Å². The Morgan fingerprint density at radius 2 is 1.71 bits per heavy atom. The maximum atomic E-state index is 12.4. The standard InChI is InChI=1S/C12H10BrF6NO/c1-2-6-5-7(13)3-4-8(6)20-10(21)9(11(14,15)16)12(17,18)19/h3-5,9H,2H2,1H3,(H,20,21). The predicted molar refractivity (Wildman–Crippen MR) is 67.7 cm³/mol. The number of benzene rings is 1. The normalized spacial score (nSPS) is 12.6. The molecule has 2 nitrogen and oxygen atoms in total. The number of amides is 1. The third kappa shape index (κ3) is 4.62. The molecule has 0 bridgehead atoms. The molecule has 118 valence electrons. The van der Waals surface area contributed by atoms with Gasteiger partial charge in [-0.2, -0.15) is 26.3 Å². The van der Waals surface area contributed by atoms with Crippen LogP contribution >= 0.6 is 15.9 Å². The zero-order chi connectivity index (χ0) is 16.4. The van der Waals surface area contributed by atoms with Gasteiger partial charge < -0.3 is 5.32 Å². The third-order valence-electron chi connectivity index (χ3n) is 2.62. The van der Waals surface area contributed by atoms with Gasteiger partial charge in [-0.05, 0) is 30.2 Å². The molecule has 1 N–H and O–H groups in total. The second-order valence-electron chi connectivity index (χ2n) is 4.16. The number of hydrogen-bond acceptors (Lipinski definition) is 1. The van der Waals surface area contributed by atoms with Crippen molar-refractivity contribution in [3.8, 4) is 0 Å². The van der Waals surface area contributed by atoms with Crippen LogP contribution in [0.3, 0.4) is 0 Å². The Hall–Kier alpha value is -1.25. The van der Waals surface area contributed by atoms with Crippen LogP contribution < -0.4 is 5.32 Å². The van der Waals surface area contributed by atoms with E-state index in [9.17, 15) is 31.1 Å². The van der Waals surface area contributed by atoms with E-state index in [2.05, 4.69) is 15.9 Å². The van der Waals surface area contributed by atoms with Crippen LogP contribution in [-0.4, -0.2) is 18.3 Å². The first-order valence-corrected chi connectivity index (χ1v) is 6.48. The lowest BCUT2D eigenvalue weighted by atomic mass is 10.1. The minimum Gasteiger partial charge on any atom is -0.325 e. The number of halogens is 7. The number of anilines is 1. The number of nitrogens with one attached hydrogen (secondary N) is 1. The number of aryl methyl sites for hydroxylation is 1. The molecule has 0 radical (unpaired) electrons. The average Bonchev–Trinajstić information content (AvgIpc) is 2.27. The van der Waals surface area contributed by atoms with E-state index in [4.69, 9.17) is 0 Å². The topological polar surface area (TPSA) is 29.1 Å². The average molecular weight is 378 g/mol. The summed E-state index contributed by atoms with van der Waals surface area (Å²) in [6.07, 6.45) is -11.1. The van der Waals surface area contributed by atoms with E-state index < -0.39 is 24.2 Å². The largest absolute Gasteiger partial charge is 0.409 e. The van der Waals surface area contributed by atoms with Gasteiger partial charge in [-0.25, -0.2) is 0 Å². The van der Waals surface area contributed by atoms with Crippen molar-refractivity contribution in [3.63, 3.8) is 0 Å². The quantitative estimate of drug-likeness (QED) is 0.760. The minimum absolute atomic E-state index is 0.0794. The van der Waals surface area contributed by atoms with Gasteiger partial charge in [-0.1, -0.05) is 22.9 Å². The van der Waals surface area contributed by atoms with E-state index in [0.29, 0.717) is 16.5 Å². The fourth-order valence-corrected chi connectivity index (χ4v) is 2.07. The lowest BCUT2D eigenvalue weighted by Crippen LogP contribution is -2.45. The number of hydrogen-bond donors (Lipinski definition) is 1. The second kappa shape index (κ2) is 6.25. The molecule has 9 heteroatoms. The van der Waals surface area contributed by atoms with Gasteiger partial charge in [-0.15, -0.1) is 0 Å². The molecular formula is C12H10BrF6NO. The molecule has 1 rings (SSSR count). The molecule has 0 unspecified atom stereocenters. The van der Waals surface area contributed by atoms with Gasteiger partial charge in [0, 0.05) is 10.2 Å². The highest BCUT2D eigenvalue weighted by Gasteiger charge is 2.61. The van der Waals surface area contributed by atoms with Crippen molar-refractivity contribution >= 4 is 27.5 Å². The number of alkyl halides is 6. The van der Waals surface area contributed by atoms with Crippen LogP contribution in [0.15, 0.2) is 22.7 Å². The smallest absolute Gasteiger partial charge is 0.325 e. The zero-order valence-corrected chi connectivity index (χ0v) is 12.2. The highest BCUT2D eigenvalue weighted by Crippen LogP contribution is 2.40. The molecule has 1 aromatic carbocycles. The summed E-state index contributed by atoms with van der Waals surface area (Å²) < 4.78 is 75.2. The first-order valence-electron chi connectivity index (χ1n) is 5.69. The van der Waals surface area contributed by atoms with Crippen molar-refractivity contribution < 1.29 is 31.1 Å². The summed E-state index contributed by atoms with van der Waals surface area (Å²) in [5.41, 5.74) is 0.338. The molecule has 0 aliphatic carbocycles. The molecule has 0 saturated heterocycles. The molecule has 0 aliphatic rings. The lowest BCUT2D eigenvalue weighted by Gasteiger charge is -2.22. The van der Waals surface area contributed by atoms with Gasteiger partial charge in [0.2, 0.25) is 11.8 Å². The Labute approximate surface area is 124 Å². The molecule has 0 spiro atoms. The molecular weight excluding hydrogens is 368 g/mol. The Bertz CT molecular complexity index is 511. The SMILES string of the molecule is CCc1cc(Br)ccc1NC(=O)C(C(F)(F)F)C(F)(F)F. The highest BCUT2D eigenvalue weighted by molar-refractivity contribution is 9.10. The van der Waals surface area contributed by atoms with E-state index in [1.807, 2.05) is 0 Å². The Morgan fingerprint density at radius 3 is 2.14 bits per heavy atom. The highest BCUT2D eigenvalue weighted by atomic mass is 79.9. The lowest BCUT2D eigenvalue weighted by molar-refractivity contribution is -0.272. The summed E-state index contributed by atoms with van der Waals surface area (Å²) >= 11 is 3.12. The molecule has 0 atom stereocenters. The van der Waals surface area contributed by atoms with E-state index in [1.165, 1.54) is 18.2 Å². The second-order valence-corrected chi connectivity index (χ2v) is 5.08. The van der Waals surface area contributed by atoms with Gasteiger partial charge in [-0.3, -0.25) is 4.79 Å².